The maximum Gasteiger partial charge on any atom is 0.330 e. The van der Waals surface area contributed by atoms with Gasteiger partial charge in [0.2, 0.25) is 0 Å². The summed E-state index contributed by atoms with van der Waals surface area (Å²) in [4.78, 5) is 24.9. The summed E-state index contributed by atoms with van der Waals surface area (Å²) < 4.78 is 5.69. The summed E-state index contributed by atoms with van der Waals surface area (Å²) in [5, 5.41) is 29.1. The third kappa shape index (κ3) is 1.98. The van der Waals surface area contributed by atoms with Crippen LogP contribution in [0.15, 0.2) is 15.8 Å². The Balaban J connectivity index is 2.57. The van der Waals surface area contributed by atoms with E-state index in [1.807, 2.05) is 4.98 Å². The van der Waals surface area contributed by atoms with Crippen molar-refractivity contribution < 1.29 is 20.1 Å². The summed E-state index contributed by atoms with van der Waals surface area (Å²) in [7, 11) is 0. The normalized spacial score (nSPS) is 30.2. The van der Waals surface area contributed by atoms with Gasteiger partial charge in [-0.1, -0.05) is 5.92 Å². The minimum Gasteiger partial charge on any atom is -0.394 e. The van der Waals surface area contributed by atoms with E-state index in [4.69, 9.17) is 16.3 Å². The fourth-order valence-corrected chi connectivity index (χ4v) is 1.93. The second kappa shape index (κ2) is 4.64. The minimum atomic E-state index is -2.10. The topological polar surface area (TPSA) is 125 Å². The molecular formula is C11H12N2O6. The molecule has 4 N–H and O–H groups in total. The quantitative estimate of drug-likeness (QED) is 0.421. The summed E-state index contributed by atoms with van der Waals surface area (Å²) in [5.74, 6) is 2.06. The van der Waals surface area contributed by atoms with Crippen LogP contribution in [0.3, 0.4) is 0 Å². The Morgan fingerprint density at radius 3 is 2.84 bits per heavy atom. The first-order chi connectivity index (χ1) is 8.93. The van der Waals surface area contributed by atoms with Crippen LogP contribution in [0.1, 0.15) is 5.56 Å². The predicted octanol–water partition coefficient (Wildman–Crippen LogP) is -3.09. The van der Waals surface area contributed by atoms with Crippen LogP contribution in [0.5, 0.6) is 0 Å². The van der Waals surface area contributed by atoms with E-state index in [0.717, 1.165) is 6.20 Å². The van der Waals surface area contributed by atoms with Crippen LogP contribution in [-0.4, -0.2) is 50.3 Å². The van der Waals surface area contributed by atoms with E-state index in [0.29, 0.717) is 4.57 Å². The molecule has 8 heteroatoms. The zero-order valence-corrected chi connectivity index (χ0v) is 9.74. The summed E-state index contributed by atoms with van der Waals surface area (Å²) >= 11 is 0. The highest BCUT2D eigenvalue weighted by molar-refractivity contribution is 5.26. The van der Waals surface area contributed by atoms with Gasteiger partial charge in [-0.15, -0.1) is 6.42 Å². The van der Waals surface area contributed by atoms with Crippen LogP contribution in [-0.2, 0) is 10.5 Å². The van der Waals surface area contributed by atoms with Crippen molar-refractivity contribution in [3.8, 4) is 12.3 Å². The van der Waals surface area contributed by atoms with E-state index < -0.39 is 42.4 Å². The van der Waals surface area contributed by atoms with Crippen LogP contribution >= 0.6 is 0 Å². The summed E-state index contributed by atoms with van der Waals surface area (Å²) in [6.07, 6.45) is 3.50. The Bertz CT molecular complexity index is 642. The van der Waals surface area contributed by atoms with Crippen LogP contribution in [0.4, 0.5) is 0 Å². The van der Waals surface area contributed by atoms with Gasteiger partial charge in [0.1, 0.15) is 17.8 Å². The second-order valence-corrected chi connectivity index (χ2v) is 4.17. The average Bonchev–Trinajstić information content (AvgIpc) is 2.67. The lowest BCUT2D eigenvalue weighted by Crippen LogP contribution is -2.52. The standard InChI is InChI=1S/C11H12N2O6/c1-2-6-3-13(10(17)12-9(6)16)11(18)5-19-7(4-14)8(11)15/h1,3,7-8,14-15,18H,4-5H2,(H,12,16,17)/t7-,8-,11+/m1/s1. The molecule has 1 aromatic rings. The van der Waals surface area contributed by atoms with Gasteiger partial charge in [0.15, 0.2) is 5.72 Å². The summed E-state index contributed by atoms with van der Waals surface area (Å²) in [5.41, 5.74) is -3.97. The highest BCUT2D eigenvalue weighted by Crippen LogP contribution is 2.28. The number of nitrogens with zero attached hydrogens (tertiary/aromatic N) is 1. The number of aromatic nitrogens is 2. The van der Waals surface area contributed by atoms with Crippen LogP contribution in [0.25, 0.3) is 0 Å². The first-order valence-electron chi connectivity index (χ1n) is 5.40. The molecule has 1 aliphatic heterocycles. The van der Waals surface area contributed by atoms with E-state index >= 15 is 0 Å². The molecule has 2 heterocycles. The van der Waals surface area contributed by atoms with Gasteiger partial charge in [0.25, 0.3) is 5.56 Å². The second-order valence-electron chi connectivity index (χ2n) is 4.17. The van der Waals surface area contributed by atoms with Crippen LogP contribution in [0.2, 0.25) is 0 Å². The van der Waals surface area contributed by atoms with Gasteiger partial charge in [-0.25, -0.2) is 4.79 Å². The van der Waals surface area contributed by atoms with E-state index in [1.54, 1.807) is 0 Å². The van der Waals surface area contributed by atoms with Crippen molar-refractivity contribution in [1.82, 2.24) is 9.55 Å². The molecule has 0 spiro atoms. The molecular weight excluding hydrogens is 256 g/mol. The SMILES string of the molecule is C#Cc1cn([C@]2(O)CO[C@H](CO)[C@H]2O)c(=O)[nH]c1=O. The number of ether oxygens (including phenoxy) is 1. The third-order valence-electron chi connectivity index (χ3n) is 3.03. The number of nitrogens with one attached hydrogen (secondary N) is 1. The molecule has 0 aromatic carbocycles. The van der Waals surface area contributed by atoms with Crippen molar-refractivity contribution in [3.63, 3.8) is 0 Å². The number of aromatic amines is 1. The highest BCUT2D eigenvalue weighted by atomic mass is 16.5. The fraction of sp³-hybridized carbons (Fsp3) is 0.455. The molecule has 1 saturated heterocycles. The van der Waals surface area contributed by atoms with Crippen molar-refractivity contribution in [1.29, 1.82) is 0 Å². The van der Waals surface area contributed by atoms with Gasteiger partial charge in [-0.2, -0.15) is 0 Å². The third-order valence-corrected chi connectivity index (χ3v) is 3.03. The van der Waals surface area contributed by atoms with Crippen molar-refractivity contribution in [2.24, 2.45) is 0 Å². The van der Waals surface area contributed by atoms with Gasteiger partial charge < -0.3 is 20.1 Å². The Labute approximate surface area is 106 Å². The fourth-order valence-electron chi connectivity index (χ4n) is 1.93. The van der Waals surface area contributed by atoms with E-state index in [2.05, 4.69) is 5.92 Å². The molecule has 0 radical (unpaired) electrons. The van der Waals surface area contributed by atoms with Gasteiger partial charge in [0.05, 0.1) is 13.2 Å². The van der Waals surface area contributed by atoms with Gasteiger partial charge in [-0.3, -0.25) is 14.3 Å². The Morgan fingerprint density at radius 1 is 1.63 bits per heavy atom. The maximum atomic E-state index is 11.7. The molecule has 8 nitrogen and oxygen atoms in total. The van der Waals surface area contributed by atoms with E-state index in [1.165, 1.54) is 0 Å². The highest BCUT2D eigenvalue weighted by Gasteiger charge is 2.50. The molecule has 0 amide bonds. The molecule has 0 unspecified atom stereocenters. The first kappa shape index (κ1) is 13.5. The van der Waals surface area contributed by atoms with Crippen molar-refractivity contribution in [2.75, 3.05) is 13.2 Å². The average molecular weight is 268 g/mol. The number of rotatable bonds is 2. The molecule has 102 valence electrons. The lowest BCUT2D eigenvalue weighted by Gasteiger charge is -2.27. The molecule has 1 fully saturated rings. The Hall–Kier alpha value is -1.92. The lowest BCUT2D eigenvalue weighted by atomic mass is 10.1. The molecule has 0 bridgehead atoms. The predicted molar refractivity (Wildman–Crippen MR) is 62.3 cm³/mol. The monoisotopic (exact) mass is 268 g/mol. The Kier molecular flexibility index (Phi) is 3.30. The van der Waals surface area contributed by atoms with E-state index in [9.17, 15) is 19.8 Å². The molecule has 1 aliphatic rings. The Morgan fingerprint density at radius 2 is 2.32 bits per heavy atom. The molecule has 2 rings (SSSR count). The minimum absolute atomic E-state index is 0.173. The zero-order valence-electron chi connectivity index (χ0n) is 9.74. The zero-order chi connectivity index (χ0) is 14.2. The molecule has 19 heavy (non-hydrogen) atoms. The summed E-state index contributed by atoms with van der Waals surface area (Å²) in [6, 6.07) is 0. The van der Waals surface area contributed by atoms with Crippen molar-refractivity contribution in [2.45, 2.75) is 17.9 Å². The van der Waals surface area contributed by atoms with Gasteiger partial charge >= 0.3 is 5.69 Å². The number of terminal acetylenes is 1. The summed E-state index contributed by atoms with van der Waals surface area (Å²) in [6.45, 7) is -0.946. The number of H-pyrrole nitrogens is 1. The van der Waals surface area contributed by atoms with Crippen LogP contribution in [0, 0.1) is 12.3 Å². The van der Waals surface area contributed by atoms with Crippen molar-refractivity contribution >= 4 is 0 Å². The number of aliphatic hydroxyl groups is 3. The van der Waals surface area contributed by atoms with Crippen molar-refractivity contribution in [3.05, 3.63) is 32.6 Å². The first-order valence-corrected chi connectivity index (χ1v) is 5.40. The van der Waals surface area contributed by atoms with Crippen LogP contribution < -0.4 is 11.2 Å². The smallest absolute Gasteiger partial charge is 0.330 e. The maximum absolute atomic E-state index is 11.7. The van der Waals surface area contributed by atoms with Gasteiger partial charge in [-0.05, 0) is 0 Å². The van der Waals surface area contributed by atoms with E-state index in [-0.39, 0.29) is 5.56 Å². The largest absolute Gasteiger partial charge is 0.394 e. The number of aliphatic hydroxyl groups excluding tert-OH is 2. The molecule has 0 aliphatic carbocycles. The van der Waals surface area contributed by atoms with Gasteiger partial charge in [0, 0.05) is 6.20 Å². The number of hydrogen-bond acceptors (Lipinski definition) is 6. The number of hydrogen-bond donors (Lipinski definition) is 4. The molecule has 1 aromatic heterocycles. The lowest BCUT2D eigenvalue weighted by molar-refractivity contribution is -0.115. The molecule has 3 atom stereocenters. The molecule has 0 saturated carbocycles.